The van der Waals surface area contributed by atoms with Crippen LogP contribution in [0.5, 0.6) is 0 Å². The zero-order valence-electron chi connectivity index (χ0n) is 10.2. The molecule has 1 aromatic rings. The predicted octanol–water partition coefficient (Wildman–Crippen LogP) is 1.71. The lowest BCUT2D eigenvalue weighted by Crippen LogP contribution is -2.28. The number of carbonyl (C=O) groups is 1. The first-order chi connectivity index (χ1) is 8.22. The maximum atomic E-state index is 11.9. The lowest BCUT2D eigenvalue weighted by molar-refractivity contribution is 0.0932. The molecule has 0 spiro atoms. The molecule has 0 saturated heterocycles. The van der Waals surface area contributed by atoms with E-state index in [-0.39, 0.29) is 12.0 Å². The van der Waals surface area contributed by atoms with Crippen molar-refractivity contribution in [1.29, 1.82) is 0 Å². The summed E-state index contributed by atoms with van der Waals surface area (Å²) in [5, 5.41) is 12.3. The summed E-state index contributed by atoms with van der Waals surface area (Å²) in [4.78, 5) is 11.9. The van der Waals surface area contributed by atoms with Gasteiger partial charge >= 0.3 is 0 Å². The van der Waals surface area contributed by atoms with Crippen LogP contribution in [-0.4, -0.2) is 28.2 Å². The molecule has 1 fully saturated rings. The van der Waals surface area contributed by atoms with Crippen LogP contribution in [0.25, 0.3) is 0 Å². The van der Waals surface area contributed by atoms with Gasteiger partial charge in [0, 0.05) is 18.8 Å². The topological polar surface area (TPSA) is 54.3 Å². The number of hydrogen-bond acceptors (Lipinski definition) is 2. The Kier molecular flexibility index (Phi) is 3.84. The zero-order valence-corrected chi connectivity index (χ0v) is 10.2. The van der Waals surface area contributed by atoms with Gasteiger partial charge in [0.2, 0.25) is 0 Å². The van der Waals surface area contributed by atoms with E-state index >= 15 is 0 Å². The summed E-state index contributed by atoms with van der Waals surface area (Å²) in [7, 11) is 0. The van der Waals surface area contributed by atoms with Gasteiger partial charge in [-0.15, -0.1) is 0 Å². The van der Waals surface area contributed by atoms with Crippen LogP contribution in [0.3, 0.4) is 0 Å². The van der Waals surface area contributed by atoms with Crippen molar-refractivity contribution >= 4 is 5.91 Å². The number of aliphatic hydroxyl groups is 1. The zero-order chi connectivity index (χ0) is 12.3. The first kappa shape index (κ1) is 12.2. The minimum Gasteiger partial charge on any atom is -0.393 e. The average Bonchev–Trinajstić information content (AvgIpc) is 3.06. The molecule has 2 N–H and O–H groups in total. The Balaban J connectivity index is 1.84. The van der Waals surface area contributed by atoms with Crippen LogP contribution in [-0.2, 0) is 0 Å². The Morgan fingerprint density at radius 1 is 1.65 bits per heavy atom. The molecule has 1 amide bonds. The highest BCUT2D eigenvalue weighted by Gasteiger charge is 2.26. The number of aromatic nitrogens is 1. The number of nitrogens with zero attached hydrogens (tertiary/aromatic N) is 1. The fourth-order valence-corrected chi connectivity index (χ4v) is 1.90. The SMILES string of the molecule is CCC(O)CCNC(=O)c1cccn1C1CC1. The van der Waals surface area contributed by atoms with Crippen LogP contribution >= 0.6 is 0 Å². The molecule has 1 saturated carbocycles. The summed E-state index contributed by atoms with van der Waals surface area (Å²) in [5.41, 5.74) is 0.735. The van der Waals surface area contributed by atoms with E-state index in [1.54, 1.807) is 0 Å². The summed E-state index contributed by atoms with van der Waals surface area (Å²) in [6, 6.07) is 4.28. The second-order valence-electron chi connectivity index (χ2n) is 4.64. The molecular formula is C13H20N2O2. The summed E-state index contributed by atoms with van der Waals surface area (Å²) >= 11 is 0. The number of nitrogens with one attached hydrogen (secondary N) is 1. The standard InChI is InChI=1S/C13H20N2O2/c1-2-11(16)7-8-14-13(17)12-4-3-9-15(12)10-5-6-10/h3-4,9-11,16H,2,5-8H2,1H3,(H,14,17). The van der Waals surface area contributed by atoms with Crippen LogP contribution in [0.15, 0.2) is 18.3 Å². The van der Waals surface area contributed by atoms with Crippen molar-refractivity contribution in [1.82, 2.24) is 9.88 Å². The van der Waals surface area contributed by atoms with Crippen molar-refractivity contribution in [2.24, 2.45) is 0 Å². The van der Waals surface area contributed by atoms with Crippen molar-refractivity contribution in [2.45, 2.75) is 44.8 Å². The molecule has 1 aliphatic rings. The Morgan fingerprint density at radius 3 is 3.06 bits per heavy atom. The molecule has 1 aromatic heterocycles. The van der Waals surface area contributed by atoms with Gasteiger partial charge in [0.25, 0.3) is 5.91 Å². The van der Waals surface area contributed by atoms with Crippen molar-refractivity contribution in [3.8, 4) is 0 Å². The van der Waals surface area contributed by atoms with E-state index in [1.165, 1.54) is 12.8 Å². The van der Waals surface area contributed by atoms with Crippen molar-refractivity contribution in [3.05, 3.63) is 24.0 Å². The summed E-state index contributed by atoms with van der Waals surface area (Å²) in [5.74, 6) is -0.0368. The third kappa shape index (κ3) is 3.09. The number of amides is 1. The molecule has 1 unspecified atom stereocenters. The van der Waals surface area contributed by atoms with Gasteiger partial charge in [0.1, 0.15) is 5.69 Å². The van der Waals surface area contributed by atoms with Gasteiger partial charge in [-0.3, -0.25) is 4.79 Å². The molecule has 94 valence electrons. The van der Waals surface area contributed by atoms with Crippen molar-refractivity contribution in [2.75, 3.05) is 6.54 Å². The van der Waals surface area contributed by atoms with Crippen molar-refractivity contribution in [3.63, 3.8) is 0 Å². The van der Waals surface area contributed by atoms with Crippen LogP contribution in [0.1, 0.15) is 49.1 Å². The molecule has 1 heterocycles. The molecule has 0 bridgehead atoms. The van der Waals surface area contributed by atoms with Gasteiger partial charge in [0.15, 0.2) is 0 Å². The highest BCUT2D eigenvalue weighted by molar-refractivity contribution is 5.92. The first-order valence-electron chi connectivity index (χ1n) is 6.35. The van der Waals surface area contributed by atoms with Gasteiger partial charge in [-0.2, -0.15) is 0 Å². The highest BCUT2D eigenvalue weighted by Crippen LogP contribution is 2.35. The average molecular weight is 236 g/mol. The smallest absolute Gasteiger partial charge is 0.267 e. The lowest BCUT2D eigenvalue weighted by atomic mass is 10.2. The molecule has 1 atom stereocenters. The molecule has 1 aliphatic carbocycles. The van der Waals surface area contributed by atoms with E-state index in [4.69, 9.17) is 0 Å². The first-order valence-corrected chi connectivity index (χ1v) is 6.35. The fourth-order valence-electron chi connectivity index (χ4n) is 1.90. The van der Waals surface area contributed by atoms with E-state index in [2.05, 4.69) is 5.32 Å². The summed E-state index contributed by atoms with van der Waals surface area (Å²) < 4.78 is 2.05. The Bertz CT molecular complexity index is 383. The van der Waals surface area contributed by atoms with Gasteiger partial charge in [-0.25, -0.2) is 0 Å². The van der Waals surface area contributed by atoms with Crippen molar-refractivity contribution < 1.29 is 9.90 Å². The van der Waals surface area contributed by atoms with E-state index in [9.17, 15) is 9.90 Å². The quantitative estimate of drug-likeness (QED) is 0.790. The largest absolute Gasteiger partial charge is 0.393 e. The molecule has 4 heteroatoms. The summed E-state index contributed by atoms with van der Waals surface area (Å²) in [6.07, 6.45) is 5.34. The Labute approximate surface area is 102 Å². The Morgan fingerprint density at radius 2 is 2.41 bits per heavy atom. The molecule has 2 rings (SSSR count). The van der Waals surface area contributed by atoms with E-state index in [0.29, 0.717) is 19.0 Å². The van der Waals surface area contributed by atoms with Crippen LogP contribution in [0.2, 0.25) is 0 Å². The monoisotopic (exact) mass is 236 g/mol. The van der Waals surface area contributed by atoms with E-state index in [0.717, 1.165) is 12.1 Å². The Hall–Kier alpha value is -1.29. The van der Waals surface area contributed by atoms with E-state index in [1.807, 2.05) is 29.8 Å². The molecular weight excluding hydrogens is 216 g/mol. The van der Waals surface area contributed by atoms with Gasteiger partial charge < -0.3 is 15.0 Å². The second-order valence-corrected chi connectivity index (χ2v) is 4.64. The van der Waals surface area contributed by atoms with Crippen LogP contribution in [0.4, 0.5) is 0 Å². The van der Waals surface area contributed by atoms with Gasteiger partial charge in [0.05, 0.1) is 6.10 Å². The highest BCUT2D eigenvalue weighted by atomic mass is 16.3. The molecule has 0 radical (unpaired) electrons. The number of carbonyl (C=O) groups excluding carboxylic acids is 1. The third-order valence-electron chi connectivity index (χ3n) is 3.19. The maximum absolute atomic E-state index is 11.9. The molecule has 0 aromatic carbocycles. The van der Waals surface area contributed by atoms with Crippen LogP contribution in [0, 0.1) is 0 Å². The maximum Gasteiger partial charge on any atom is 0.267 e. The molecule has 4 nitrogen and oxygen atoms in total. The number of aliphatic hydroxyl groups excluding tert-OH is 1. The predicted molar refractivity (Wildman–Crippen MR) is 66.0 cm³/mol. The van der Waals surface area contributed by atoms with E-state index < -0.39 is 0 Å². The molecule has 17 heavy (non-hydrogen) atoms. The molecule has 0 aliphatic heterocycles. The summed E-state index contributed by atoms with van der Waals surface area (Å²) in [6.45, 7) is 2.47. The van der Waals surface area contributed by atoms with Gasteiger partial charge in [-0.05, 0) is 37.8 Å². The minimum atomic E-state index is -0.314. The second kappa shape index (κ2) is 5.36. The normalized spacial score (nSPS) is 16.8. The lowest BCUT2D eigenvalue weighted by Gasteiger charge is -2.10. The number of rotatable bonds is 6. The number of hydrogen-bond donors (Lipinski definition) is 2. The van der Waals surface area contributed by atoms with Crippen LogP contribution < -0.4 is 5.32 Å². The third-order valence-corrected chi connectivity index (χ3v) is 3.19. The minimum absolute atomic E-state index is 0.0368. The van der Waals surface area contributed by atoms with Gasteiger partial charge in [-0.1, -0.05) is 6.92 Å². The fraction of sp³-hybridized carbons (Fsp3) is 0.615.